The van der Waals surface area contributed by atoms with Crippen molar-refractivity contribution in [3.05, 3.63) is 191 Å². The summed E-state index contributed by atoms with van der Waals surface area (Å²) in [6, 6.07) is 50.8. The number of carbonyl (C=O) groups excluding carboxylic acids is 1. The molecule has 6 aromatic carbocycles. The van der Waals surface area contributed by atoms with E-state index in [1.54, 1.807) is 12.1 Å². The zero-order valence-electron chi connectivity index (χ0n) is 26.9. The van der Waals surface area contributed by atoms with Gasteiger partial charge in [0.15, 0.2) is 6.10 Å². The molecule has 242 valence electrons. The molecule has 6 heteroatoms. The van der Waals surface area contributed by atoms with E-state index >= 15 is 0 Å². The van der Waals surface area contributed by atoms with Crippen molar-refractivity contribution in [1.82, 2.24) is 0 Å². The molecule has 1 unspecified atom stereocenters. The minimum Gasteiger partial charge on any atom is -0.489 e. The highest BCUT2D eigenvalue weighted by atomic mass is 16.5. The normalized spacial score (nSPS) is 13.7. The number of ketones is 1. The second kappa shape index (κ2) is 15.3. The smallest absolute Gasteiger partial charge is 0.203 e. The minimum atomic E-state index is -0.959. The summed E-state index contributed by atoms with van der Waals surface area (Å²) in [5, 5.41) is 0. The second-order valence-corrected chi connectivity index (χ2v) is 11.7. The molecule has 0 fully saturated rings. The first-order valence-electron chi connectivity index (χ1n) is 16.3. The van der Waals surface area contributed by atoms with Crippen LogP contribution in [0.25, 0.3) is 0 Å². The Morgan fingerprint density at radius 2 is 0.959 bits per heavy atom. The fraction of sp³-hybridized carbons (Fsp3) is 0.116. The molecule has 0 radical (unpaired) electrons. The van der Waals surface area contributed by atoms with E-state index in [4.69, 9.17) is 23.9 Å². The minimum absolute atomic E-state index is 0.224. The predicted molar refractivity (Wildman–Crippen MR) is 191 cm³/mol. The molecule has 0 saturated carbocycles. The van der Waals surface area contributed by atoms with Gasteiger partial charge in [0.25, 0.3) is 0 Å². The molecule has 49 heavy (non-hydrogen) atoms. The molecule has 6 nitrogen and oxygen atoms in total. The van der Waals surface area contributed by atoms with Crippen LogP contribution in [-0.4, -0.2) is 17.6 Å². The SMILES string of the molecule is O=C1c2c(cc(OCc3ccccc3)cc2OCc2ccccc2)N=C(c2ccc(OCc3ccccc3)cc2)C1OCc1ccccc1. The van der Waals surface area contributed by atoms with Gasteiger partial charge in [-0.2, -0.15) is 0 Å². The molecule has 1 heterocycles. The number of Topliss-reactive ketones (excluding diaryl/α,β-unsaturated/α-hetero) is 1. The summed E-state index contributed by atoms with van der Waals surface area (Å²) >= 11 is 0. The number of hydrogen-bond acceptors (Lipinski definition) is 6. The zero-order chi connectivity index (χ0) is 33.3. The molecular weight excluding hydrogens is 610 g/mol. The molecule has 0 aliphatic carbocycles. The summed E-state index contributed by atoms with van der Waals surface area (Å²) in [7, 11) is 0. The third-order valence-corrected chi connectivity index (χ3v) is 8.17. The van der Waals surface area contributed by atoms with Crippen molar-refractivity contribution in [3.63, 3.8) is 0 Å². The van der Waals surface area contributed by atoms with Gasteiger partial charge in [-0.25, -0.2) is 4.99 Å². The van der Waals surface area contributed by atoms with Gasteiger partial charge >= 0.3 is 0 Å². The molecule has 1 aliphatic rings. The number of aliphatic imine (C=N–C) groups is 1. The molecule has 6 aromatic rings. The molecular formula is C43H35NO5. The maximum atomic E-state index is 14.5. The number of ether oxygens (including phenoxy) is 4. The summed E-state index contributed by atoms with van der Waals surface area (Å²) in [6.45, 7) is 1.32. The number of hydrogen-bond donors (Lipinski definition) is 0. The van der Waals surface area contributed by atoms with E-state index in [-0.39, 0.29) is 19.0 Å². The van der Waals surface area contributed by atoms with Crippen LogP contribution < -0.4 is 14.2 Å². The third-order valence-electron chi connectivity index (χ3n) is 8.17. The van der Waals surface area contributed by atoms with Crippen LogP contribution in [0.1, 0.15) is 38.2 Å². The van der Waals surface area contributed by atoms with Crippen molar-refractivity contribution in [2.45, 2.75) is 32.5 Å². The highest BCUT2D eigenvalue weighted by Gasteiger charge is 2.36. The van der Waals surface area contributed by atoms with Crippen LogP contribution in [0.2, 0.25) is 0 Å². The molecule has 0 N–H and O–H groups in total. The lowest BCUT2D eigenvalue weighted by Crippen LogP contribution is -2.36. The number of carbonyl (C=O) groups is 1. The highest BCUT2D eigenvalue weighted by molar-refractivity contribution is 6.26. The van der Waals surface area contributed by atoms with Crippen LogP contribution in [0.5, 0.6) is 17.2 Å². The van der Waals surface area contributed by atoms with Gasteiger partial charge in [-0.1, -0.05) is 121 Å². The summed E-state index contributed by atoms with van der Waals surface area (Å²) in [4.78, 5) is 19.6. The Labute approximate surface area is 286 Å². The molecule has 0 saturated heterocycles. The Morgan fingerprint density at radius 1 is 0.490 bits per heavy atom. The number of rotatable bonds is 13. The Morgan fingerprint density at radius 3 is 1.49 bits per heavy atom. The van der Waals surface area contributed by atoms with Crippen LogP contribution >= 0.6 is 0 Å². The molecule has 1 atom stereocenters. The molecule has 0 spiro atoms. The molecule has 1 aliphatic heterocycles. The molecule has 0 bridgehead atoms. The molecule has 0 amide bonds. The van der Waals surface area contributed by atoms with Crippen molar-refractivity contribution in [3.8, 4) is 17.2 Å². The first-order chi connectivity index (χ1) is 24.2. The van der Waals surface area contributed by atoms with Gasteiger partial charge in [0.2, 0.25) is 5.78 Å². The Balaban J connectivity index is 1.23. The van der Waals surface area contributed by atoms with E-state index < -0.39 is 6.10 Å². The Bertz CT molecular complexity index is 2010. The van der Waals surface area contributed by atoms with Gasteiger partial charge in [-0.3, -0.25) is 4.79 Å². The standard InChI is InChI=1S/C43H35NO5/c45-42-40-38(25-37(47-28-32-15-7-2-8-16-32)26-39(40)48-29-33-17-9-3-10-18-33)44-41(43(42)49-30-34-19-11-4-12-20-34)35-21-23-36(24-22-35)46-27-31-13-5-1-6-14-31/h1-26,43H,27-30H2. The van der Waals surface area contributed by atoms with Crippen molar-refractivity contribution < 1.29 is 23.7 Å². The second-order valence-electron chi connectivity index (χ2n) is 11.7. The Hall–Kier alpha value is -5.98. The third kappa shape index (κ3) is 7.95. The van der Waals surface area contributed by atoms with E-state index in [1.165, 1.54) is 0 Å². The van der Waals surface area contributed by atoms with Crippen molar-refractivity contribution in [2.24, 2.45) is 4.99 Å². The maximum absolute atomic E-state index is 14.5. The number of nitrogens with zero attached hydrogens (tertiary/aromatic N) is 1. The topological polar surface area (TPSA) is 66.4 Å². The van der Waals surface area contributed by atoms with Crippen molar-refractivity contribution in [2.75, 3.05) is 0 Å². The number of fused-ring (bicyclic) bond motifs is 1. The van der Waals surface area contributed by atoms with Crippen LogP contribution in [0.4, 0.5) is 5.69 Å². The summed E-state index contributed by atoms with van der Waals surface area (Å²) < 4.78 is 25.0. The van der Waals surface area contributed by atoms with Gasteiger partial charge in [-0.15, -0.1) is 0 Å². The predicted octanol–water partition coefficient (Wildman–Crippen LogP) is 9.33. The number of benzene rings is 6. The average Bonchev–Trinajstić information content (AvgIpc) is 3.16. The molecule has 0 aromatic heterocycles. The quantitative estimate of drug-likeness (QED) is 0.125. The van der Waals surface area contributed by atoms with Crippen LogP contribution in [0, 0.1) is 0 Å². The monoisotopic (exact) mass is 645 g/mol. The maximum Gasteiger partial charge on any atom is 0.203 e. The van der Waals surface area contributed by atoms with E-state index in [0.29, 0.717) is 47.4 Å². The van der Waals surface area contributed by atoms with Crippen molar-refractivity contribution >= 4 is 17.2 Å². The van der Waals surface area contributed by atoms with E-state index in [9.17, 15) is 4.79 Å². The van der Waals surface area contributed by atoms with E-state index in [2.05, 4.69) is 0 Å². The van der Waals surface area contributed by atoms with Gasteiger partial charge in [0.05, 0.1) is 23.6 Å². The summed E-state index contributed by atoms with van der Waals surface area (Å²) in [5.74, 6) is 1.44. The lowest BCUT2D eigenvalue weighted by atomic mass is 9.92. The van der Waals surface area contributed by atoms with Crippen molar-refractivity contribution in [1.29, 1.82) is 0 Å². The van der Waals surface area contributed by atoms with Crippen LogP contribution in [0.15, 0.2) is 163 Å². The lowest BCUT2D eigenvalue weighted by molar-refractivity contribution is 0.0564. The van der Waals surface area contributed by atoms with Crippen LogP contribution in [-0.2, 0) is 31.2 Å². The largest absolute Gasteiger partial charge is 0.489 e. The zero-order valence-corrected chi connectivity index (χ0v) is 26.9. The highest BCUT2D eigenvalue weighted by Crippen LogP contribution is 2.40. The molecule has 7 rings (SSSR count). The Kier molecular flexibility index (Phi) is 9.86. The van der Waals surface area contributed by atoms with E-state index in [0.717, 1.165) is 27.8 Å². The lowest BCUT2D eigenvalue weighted by Gasteiger charge is -2.26. The fourth-order valence-corrected chi connectivity index (χ4v) is 5.62. The average molecular weight is 646 g/mol. The van der Waals surface area contributed by atoms with Gasteiger partial charge in [0, 0.05) is 12.1 Å². The van der Waals surface area contributed by atoms with Gasteiger partial charge < -0.3 is 18.9 Å². The van der Waals surface area contributed by atoms with Gasteiger partial charge in [-0.05, 0) is 52.1 Å². The van der Waals surface area contributed by atoms with Gasteiger partial charge in [0.1, 0.15) is 37.1 Å². The fourth-order valence-electron chi connectivity index (χ4n) is 5.62. The summed E-state index contributed by atoms with van der Waals surface area (Å²) in [6.07, 6.45) is -0.959. The summed E-state index contributed by atoms with van der Waals surface area (Å²) in [5.41, 5.74) is 6.14. The van der Waals surface area contributed by atoms with Crippen LogP contribution in [0.3, 0.4) is 0 Å². The van der Waals surface area contributed by atoms with E-state index in [1.807, 2.05) is 146 Å². The first-order valence-corrected chi connectivity index (χ1v) is 16.3. The first kappa shape index (κ1) is 31.6.